The van der Waals surface area contributed by atoms with Crippen molar-refractivity contribution < 1.29 is 80.2 Å². The molecule has 7 atom stereocenters. The van der Waals surface area contributed by atoms with Crippen LogP contribution in [0.15, 0.2) is 0 Å². The number of phosphoric ester groups is 2. The smallest absolute Gasteiger partial charge is 0.462 e. The lowest BCUT2D eigenvalue weighted by Crippen LogP contribution is -2.30. The lowest BCUT2D eigenvalue weighted by Gasteiger charge is -2.21. The Morgan fingerprint density at radius 1 is 0.289 bits per heavy atom. The standard InChI is InChI=1S/C78H152O17P2/c1-9-70(7)56-48-40-31-25-19-15-11-13-17-21-27-33-42-50-58-75(80)88-64-73(94-77(82)60-52-44-34-28-22-18-14-12-16-20-26-32-41-49-57-71(8)10-2)66-92-96(84,85)90-62-72(79)63-91-97(86,87)93-67-74(65-89-76(81)59-51-43-37-36-39-47-55-69(5)6)95-78(83)61-53-45-35-29-23-24-30-38-46-54-68(3)4/h68-74,79H,9-67H2,1-8H3,(H,84,85)(H,86,87)/t70?,71?,72-,73-,74-/m1/s1. The zero-order chi connectivity index (χ0) is 71.7. The van der Waals surface area contributed by atoms with Crippen molar-refractivity contribution in [1.29, 1.82) is 0 Å². The normalized spacial score (nSPS) is 14.6. The Hall–Kier alpha value is -1.94. The Bertz CT molecular complexity index is 1910. The summed E-state index contributed by atoms with van der Waals surface area (Å²) in [6.07, 6.45) is 52.8. The molecule has 0 spiro atoms. The molecule has 0 rings (SSSR count). The fraction of sp³-hybridized carbons (Fsp3) is 0.949. The van der Waals surface area contributed by atoms with E-state index >= 15 is 0 Å². The summed E-state index contributed by atoms with van der Waals surface area (Å²) < 4.78 is 68.6. The van der Waals surface area contributed by atoms with Gasteiger partial charge in [0, 0.05) is 25.7 Å². The molecule has 0 saturated carbocycles. The molecule has 0 aromatic rings. The number of carbonyl (C=O) groups is 4. The molecule has 0 aliphatic carbocycles. The molecule has 97 heavy (non-hydrogen) atoms. The first kappa shape index (κ1) is 95.1. The van der Waals surface area contributed by atoms with Crippen molar-refractivity contribution >= 4 is 39.5 Å². The molecular weight excluding hydrogens is 1270 g/mol. The zero-order valence-corrected chi connectivity index (χ0v) is 65.5. The maximum absolute atomic E-state index is 13.1. The van der Waals surface area contributed by atoms with Gasteiger partial charge in [0.2, 0.25) is 0 Å². The average Bonchev–Trinajstić information content (AvgIpc) is 1.24. The van der Waals surface area contributed by atoms with Crippen LogP contribution in [0.5, 0.6) is 0 Å². The number of rotatable bonds is 75. The summed E-state index contributed by atoms with van der Waals surface area (Å²) in [6, 6.07) is 0. The number of esters is 4. The minimum atomic E-state index is -4.96. The fourth-order valence-electron chi connectivity index (χ4n) is 11.8. The molecule has 19 heteroatoms. The Balaban J connectivity index is 5.23. The SMILES string of the molecule is CCC(C)CCCCCCCCCCCCCCCCC(=O)OC[C@H](COP(=O)(O)OC[C@@H](O)COP(=O)(O)OC[C@@H](COC(=O)CCCCCCCCC(C)C)OC(=O)CCCCCCCCCCCC(C)C)OC(=O)CCCCCCCCCCCCCCCCC(C)CC. The van der Waals surface area contributed by atoms with Crippen molar-refractivity contribution in [3.05, 3.63) is 0 Å². The number of hydrogen-bond acceptors (Lipinski definition) is 15. The van der Waals surface area contributed by atoms with Crippen LogP contribution in [0.3, 0.4) is 0 Å². The van der Waals surface area contributed by atoms with Crippen LogP contribution >= 0.6 is 15.6 Å². The Morgan fingerprint density at radius 2 is 0.495 bits per heavy atom. The molecule has 0 aromatic carbocycles. The van der Waals surface area contributed by atoms with Crippen molar-refractivity contribution in [2.45, 2.75) is 414 Å². The van der Waals surface area contributed by atoms with Crippen molar-refractivity contribution in [1.82, 2.24) is 0 Å². The van der Waals surface area contributed by atoms with Gasteiger partial charge in [-0.1, -0.05) is 344 Å². The summed E-state index contributed by atoms with van der Waals surface area (Å²) in [4.78, 5) is 72.8. The average molecular weight is 1420 g/mol. The topological polar surface area (TPSA) is 237 Å². The van der Waals surface area contributed by atoms with Gasteiger partial charge in [-0.15, -0.1) is 0 Å². The molecule has 0 radical (unpaired) electrons. The van der Waals surface area contributed by atoms with E-state index < -0.39 is 97.5 Å². The molecule has 17 nitrogen and oxygen atoms in total. The highest BCUT2D eigenvalue weighted by Gasteiger charge is 2.30. The van der Waals surface area contributed by atoms with Crippen LogP contribution in [-0.2, 0) is 65.4 Å². The third-order valence-electron chi connectivity index (χ3n) is 18.8. The molecule has 0 aromatic heterocycles. The van der Waals surface area contributed by atoms with E-state index in [-0.39, 0.29) is 25.7 Å². The van der Waals surface area contributed by atoms with Crippen LogP contribution in [0.1, 0.15) is 396 Å². The third-order valence-corrected chi connectivity index (χ3v) is 20.7. The number of aliphatic hydroxyl groups excluding tert-OH is 1. The lowest BCUT2D eigenvalue weighted by atomic mass is 9.99. The van der Waals surface area contributed by atoms with Crippen LogP contribution in [0, 0.1) is 23.7 Å². The summed E-state index contributed by atoms with van der Waals surface area (Å²) in [6.45, 7) is 14.2. The highest BCUT2D eigenvalue weighted by molar-refractivity contribution is 7.47. The third kappa shape index (κ3) is 69.5. The number of ether oxygens (including phenoxy) is 4. The molecule has 4 unspecified atom stereocenters. The molecule has 0 aliphatic rings. The van der Waals surface area contributed by atoms with E-state index in [1.54, 1.807) is 0 Å². The van der Waals surface area contributed by atoms with E-state index in [1.165, 1.54) is 193 Å². The maximum atomic E-state index is 13.1. The van der Waals surface area contributed by atoms with Gasteiger partial charge in [0.15, 0.2) is 12.2 Å². The molecule has 0 fully saturated rings. The van der Waals surface area contributed by atoms with Gasteiger partial charge in [-0.25, -0.2) is 9.13 Å². The van der Waals surface area contributed by atoms with Gasteiger partial charge >= 0.3 is 39.5 Å². The summed E-state index contributed by atoms with van der Waals surface area (Å²) in [5.41, 5.74) is 0. The van der Waals surface area contributed by atoms with Gasteiger partial charge in [0.05, 0.1) is 26.4 Å². The Morgan fingerprint density at radius 3 is 0.732 bits per heavy atom. The van der Waals surface area contributed by atoms with Gasteiger partial charge in [-0.3, -0.25) is 37.3 Å². The maximum Gasteiger partial charge on any atom is 0.472 e. The van der Waals surface area contributed by atoms with Crippen LogP contribution in [-0.4, -0.2) is 96.7 Å². The van der Waals surface area contributed by atoms with Gasteiger partial charge < -0.3 is 33.8 Å². The minimum Gasteiger partial charge on any atom is -0.462 e. The van der Waals surface area contributed by atoms with E-state index in [0.717, 1.165) is 114 Å². The molecule has 0 heterocycles. The van der Waals surface area contributed by atoms with Crippen molar-refractivity contribution in [2.75, 3.05) is 39.6 Å². The van der Waals surface area contributed by atoms with Gasteiger partial charge in [0.1, 0.15) is 19.3 Å². The molecule has 3 N–H and O–H groups in total. The van der Waals surface area contributed by atoms with Crippen molar-refractivity contribution in [3.8, 4) is 0 Å². The fourth-order valence-corrected chi connectivity index (χ4v) is 13.4. The van der Waals surface area contributed by atoms with Gasteiger partial charge in [0.25, 0.3) is 0 Å². The summed E-state index contributed by atoms with van der Waals surface area (Å²) in [5.74, 6) is 0.991. The second kappa shape index (κ2) is 67.2. The van der Waals surface area contributed by atoms with Crippen LogP contribution < -0.4 is 0 Å². The first-order valence-electron chi connectivity index (χ1n) is 40.3. The highest BCUT2D eigenvalue weighted by atomic mass is 31.2. The predicted octanol–water partition coefficient (Wildman–Crippen LogP) is 22.8. The number of aliphatic hydroxyl groups is 1. The van der Waals surface area contributed by atoms with E-state index in [1.807, 2.05) is 0 Å². The monoisotopic (exact) mass is 1420 g/mol. The van der Waals surface area contributed by atoms with E-state index in [4.69, 9.17) is 37.0 Å². The summed E-state index contributed by atoms with van der Waals surface area (Å²) >= 11 is 0. The molecule has 0 aliphatic heterocycles. The first-order chi connectivity index (χ1) is 46.7. The predicted molar refractivity (Wildman–Crippen MR) is 395 cm³/mol. The molecule has 576 valence electrons. The van der Waals surface area contributed by atoms with E-state index in [2.05, 4.69) is 55.4 Å². The number of unbranched alkanes of at least 4 members (excludes halogenated alkanes) is 39. The van der Waals surface area contributed by atoms with E-state index in [9.17, 15) is 43.2 Å². The number of carbonyl (C=O) groups excluding carboxylic acids is 4. The van der Waals surface area contributed by atoms with Crippen LogP contribution in [0.4, 0.5) is 0 Å². The van der Waals surface area contributed by atoms with E-state index in [0.29, 0.717) is 31.6 Å². The zero-order valence-electron chi connectivity index (χ0n) is 63.7. The summed E-state index contributed by atoms with van der Waals surface area (Å²) in [5, 5.41) is 10.6. The van der Waals surface area contributed by atoms with Crippen LogP contribution in [0.2, 0.25) is 0 Å². The van der Waals surface area contributed by atoms with Gasteiger partial charge in [-0.05, 0) is 49.4 Å². The number of phosphoric acid groups is 2. The Kier molecular flexibility index (Phi) is 65.9. The number of hydrogen-bond donors (Lipinski definition) is 3. The molecule has 0 amide bonds. The lowest BCUT2D eigenvalue weighted by molar-refractivity contribution is -0.161. The Labute approximate surface area is 594 Å². The highest BCUT2D eigenvalue weighted by Crippen LogP contribution is 2.45. The molecule has 0 saturated heterocycles. The molecule has 0 bridgehead atoms. The quantitative estimate of drug-likeness (QED) is 0.0222. The second-order valence-corrected chi connectivity index (χ2v) is 32.4. The molecular formula is C78H152O17P2. The minimum absolute atomic E-state index is 0.104. The first-order valence-corrected chi connectivity index (χ1v) is 43.3. The largest absolute Gasteiger partial charge is 0.472 e. The van der Waals surface area contributed by atoms with Crippen molar-refractivity contribution in [2.24, 2.45) is 23.7 Å². The summed E-state index contributed by atoms with van der Waals surface area (Å²) in [7, 11) is -9.92. The second-order valence-electron chi connectivity index (χ2n) is 29.5. The van der Waals surface area contributed by atoms with Crippen LogP contribution in [0.25, 0.3) is 0 Å². The van der Waals surface area contributed by atoms with Gasteiger partial charge in [-0.2, -0.15) is 0 Å². The van der Waals surface area contributed by atoms with Crippen molar-refractivity contribution in [3.63, 3.8) is 0 Å².